The third-order valence-electron chi connectivity index (χ3n) is 5.11. The van der Waals surface area contributed by atoms with Gasteiger partial charge in [0.05, 0.1) is 17.1 Å². The first-order valence-electron chi connectivity index (χ1n) is 8.91. The van der Waals surface area contributed by atoms with Gasteiger partial charge in [-0.15, -0.1) is 0 Å². The number of aryl methyl sites for hydroxylation is 1. The number of carbonyl (C=O) groups is 2. The second-order valence-electron chi connectivity index (χ2n) is 6.94. The highest BCUT2D eigenvalue weighted by Gasteiger charge is 2.36. The predicted molar refractivity (Wildman–Crippen MR) is 99.9 cm³/mol. The van der Waals surface area contributed by atoms with Crippen molar-refractivity contribution < 1.29 is 22.7 Å². The van der Waals surface area contributed by atoms with Gasteiger partial charge >= 0.3 is 5.97 Å². The van der Waals surface area contributed by atoms with Gasteiger partial charge in [-0.2, -0.15) is 0 Å². The van der Waals surface area contributed by atoms with Crippen LogP contribution < -0.4 is 0 Å². The highest BCUT2D eigenvalue weighted by Crippen LogP contribution is 2.22. The van der Waals surface area contributed by atoms with Crippen molar-refractivity contribution in [3.05, 3.63) is 34.9 Å². The summed E-state index contributed by atoms with van der Waals surface area (Å²) in [4.78, 5) is 26.6. The summed E-state index contributed by atoms with van der Waals surface area (Å²) in [5, 5.41) is 0. The lowest BCUT2D eigenvalue weighted by Gasteiger charge is -2.33. The fourth-order valence-electron chi connectivity index (χ4n) is 3.25. The van der Waals surface area contributed by atoms with Crippen LogP contribution in [0.3, 0.4) is 0 Å². The van der Waals surface area contributed by atoms with E-state index < -0.39 is 15.8 Å². The minimum absolute atomic E-state index is 0.0198. The summed E-state index contributed by atoms with van der Waals surface area (Å²) in [6.07, 6.45) is 1.14. The van der Waals surface area contributed by atoms with E-state index in [1.54, 1.807) is 17.0 Å². The lowest BCUT2D eigenvalue weighted by molar-refractivity contribution is -0.138. The Bertz CT molecular complexity index is 787. The number of nitrogens with zero attached hydrogens (tertiary/aromatic N) is 1. The Balaban J connectivity index is 2.07. The highest BCUT2D eigenvalue weighted by molar-refractivity contribution is 7.91. The molecule has 1 fully saturated rings. The lowest BCUT2D eigenvalue weighted by atomic mass is 10.0. The van der Waals surface area contributed by atoms with Gasteiger partial charge in [-0.05, 0) is 50.8 Å². The van der Waals surface area contributed by atoms with Crippen molar-refractivity contribution in [2.45, 2.75) is 52.6 Å². The van der Waals surface area contributed by atoms with Crippen molar-refractivity contribution in [1.29, 1.82) is 0 Å². The van der Waals surface area contributed by atoms with E-state index in [0.717, 1.165) is 11.1 Å². The number of carbonyl (C=O) groups excluding carboxylic acids is 2. The quantitative estimate of drug-likeness (QED) is 0.706. The van der Waals surface area contributed by atoms with Crippen molar-refractivity contribution in [2.75, 3.05) is 18.1 Å². The van der Waals surface area contributed by atoms with Crippen LogP contribution in [0.1, 0.15) is 48.2 Å². The Morgan fingerprint density at radius 1 is 1.31 bits per heavy atom. The van der Waals surface area contributed by atoms with Crippen LogP contribution in [0.15, 0.2) is 18.2 Å². The number of benzene rings is 1. The smallest absolute Gasteiger partial charge is 0.338 e. The highest BCUT2D eigenvalue weighted by atomic mass is 32.2. The first-order chi connectivity index (χ1) is 12.2. The number of esters is 1. The monoisotopic (exact) mass is 381 g/mol. The molecule has 0 N–H and O–H groups in total. The Hall–Kier alpha value is -1.89. The van der Waals surface area contributed by atoms with Crippen LogP contribution in [0, 0.1) is 13.8 Å². The average Bonchev–Trinajstić information content (AvgIpc) is 2.94. The molecule has 0 aromatic heterocycles. The van der Waals surface area contributed by atoms with Gasteiger partial charge in [-0.25, -0.2) is 13.2 Å². The van der Waals surface area contributed by atoms with Gasteiger partial charge in [-0.1, -0.05) is 19.1 Å². The summed E-state index contributed by atoms with van der Waals surface area (Å²) in [6.45, 7) is 7.18. The Kier molecular flexibility index (Phi) is 6.44. The lowest BCUT2D eigenvalue weighted by Crippen LogP contribution is -2.48. The second-order valence-corrected chi connectivity index (χ2v) is 9.17. The molecule has 0 saturated carbocycles. The van der Waals surface area contributed by atoms with Crippen LogP contribution in [-0.2, 0) is 19.4 Å². The first-order valence-corrected chi connectivity index (χ1v) is 10.7. The van der Waals surface area contributed by atoms with Gasteiger partial charge in [0.25, 0.3) is 5.91 Å². The van der Waals surface area contributed by atoms with Crippen LogP contribution in [0.5, 0.6) is 0 Å². The van der Waals surface area contributed by atoms with E-state index in [1.807, 2.05) is 33.8 Å². The zero-order valence-electron chi connectivity index (χ0n) is 15.8. The van der Waals surface area contributed by atoms with Gasteiger partial charge in [0, 0.05) is 12.1 Å². The first kappa shape index (κ1) is 20.4. The molecule has 2 atom stereocenters. The van der Waals surface area contributed by atoms with Crippen molar-refractivity contribution >= 4 is 21.7 Å². The molecule has 0 radical (unpaired) electrons. The topological polar surface area (TPSA) is 80.8 Å². The summed E-state index contributed by atoms with van der Waals surface area (Å²) in [5.41, 5.74) is 2.24. The zero-order valence-corrected chi connectivity index (χ0v) is 16.6. The number of hydrogen-bond donors (Lipinski definition) is 0. The van der Waals surface area contributed by atoms with E-state index in [4.69, 9.17) is 4.74 Å². The molecule has 144 valence electrons. The molecule has 1 aliphatic rings. The van der Waals surface area contributed by atoms with Crippen LogP contribution in [0.2, 0.25) is 0 Å². The van der Waals surface area contributed by atoms with E-state index in [1.165, 1.54) is 0 Å². The minimum atomic E-state index is -3.10. The van der Waals surface area contributed by atoms with E-state index in [2.05, 4.69) is 0 Å². The maximum atomic E-state index is 12.7. The fourth-order valence-corrected chi connectivity index (χ4v) is 4.96. The van der Waals surface area contributed by atoms with E-state index in [0.29, 0.717) is 18.4 Å². The minimum Gasteiger partial charge on any atom is -0.452 e. The molecule has 1 aliphatic heterocycles. The number of hydrogen-bond acceptors (Lipinski definition) is 5. The molecule has 1 amide bonds. The molecule has 1 saturated heterocycles. The third-order valence-corrected chi connectivity index (χ3v) is 6.86. The molecule has 1 aromatic rings. The number of sulfone groups is 1. The summed E-state index contributed by atoms with van der Waals surface area (Å²) in [7, 11) is -3.10. The molecule has 1 heterocycles. The average molecular weight is 381 g/mol. The molecular weight excluding hydrogens is 354 g/mol. The number of ether oxygens (including phenoxy) is 1. The molecule has 0 bridgehead atoms. The van der Waals surface area contributed by atoms with Crippen LogP contribution in [0.25, 0.3) is 0 Å². The maximum absolute atomic E-state index is 12.7. The molecule has 26 heavy (non-hydrogen) atoms. The van der Waals surface area contributed by atoms with Crippen molar-refractivity contribution in [2.24, 2.45) is 0 Å². The van der Waals surface area contributed by atoms with Crippen LogP contribution in [0.4, 0.5) is 0 Å². The van der Waals surface area contributed by atoms with Crippen molar-refractivity contribution in [1.82, 2.24) is 4.90 Å². The number of rotatable bonds is 6. The third kappa shape index (κ3) is 4.63. The fraction of sp³-hybridized carbons (Fsp3) is 0.579. The Morgan fingerprint density at radius 3 is 2.58 bits per heavy atom. The second kappa shape index (κ2) is 8.20. The normalized spacial score (nSPS) is 19.8. The van der Waals surface area contributed by atoms with Gasteiger partial charge in [0.15, 0.2) is 16.4 Å². The molecular formula is C19H27NO5S. The molecule has 6 nitrogen and oxygen atoms in total. The summed E-state index contributed by atoms with van der Waals surface area (Å²) < 4.78 is 28.8. The van der Waals surface area contributed by atoms with Crippen LogP contribution >= 0.6 is 0 Å². The predicted octanol–water partition coefficient (Wildman–Crippen LogP) is 2.27. The molecule has 0 spiro atoms. The molecule has 0 aliphatic carbocycles. The largest absolute Gasteiger partial charge is 0.452 e. The van der Waals surface area contributed by atoms with Gasteiger partial charge in [-0.3, -0.25) is 4.79 Å². The van der Waals surface area contributed by atoms with E-state index >= 15 is 0 Å². The molecule has 7 heteroatoms. The zero-order chi connectivity index (χ0) is 19.5. The molecule has 1 aromatic carbocycles. The van der Waals surface area contributed by atoms with Crippen molar-refractivity contribution in [3.8, 4) is 0 Å². The maximum Gasteiger partial charge on any atom is 0.338 e. The van der Waals surface area contributed by atoms with Gasteiger partial charge < -0.3 is 9.64 Å². The Morgan fingerprint density at radius 2 is 2.00 bits per heavy atom. The SMILES string of the molecule is CC[C@H](C)N(C(=O)COC(=O)c1cccc(C)c1C)[C@H]1CCS(=O)(=O)C1. The standard InChI is InChI=1S/C19H27NO5S/c1-5-14(3)20(16-9-10-26(23,24)12-16)18(21)11-25-19(22)17-8-6-7-13(2)15(17)4/h6-8,14,16H,5,9-12H2,1-4H3/t14-,16-/m0/s1. The Labute approximate surface area is 155 Å². The number of amides is 1. The van der Waals surface area contributed by atoms with Gasteiger partial charge in [0.1, 0.15) is 0 Å². The molecule has 0 unspecified atom stereocenters. The van der Waals surface area contributed by atoms with E-state index in [9.17, 15) is 18.0 Å². The summed E-state index contributed by atoms with van der Waals surface area (Å²) >= 11 is 0. The summed E-state index contributed by atoms with van der Waals surface area (Å²) in [5.74, 6) is -0.809. The molecule has 2 rings (SSSR count). The van der Waals surface area contributed by atoms with E-state index in [-0.39, 0.29) is 36.1 Å². The summed E-state index contributed by atoms with van der Waals surface area (Å²) in [6, 6.07) is 4.89. The van der Waals surface area contributed by atoms with Crippen LogP contribution in [-0.4, -0.2) is 55.4 Å². The van der Waals surface area contributed by atoms with Gasteiger partial charge in [0.2, 0.25) is 0 Å². The van der Waals surface area contributed by atoms with Crippen molar-refractivity contribution in [3.63, 3.8) is 0 Å².